The average molecular weight is 219 g/mol. The second kappa shape index (κ2) is 5.51. The van der Waals surface area contributed by atoms with Crippen LogP contribution in [0.1, 0.15) is 17.9 Å². The van der Waals surface area contributed by atoms with Crippen LogP contribution in [0.15, 0.2) is 35.3 Å². The molecule has 1 N–H and O–H groups in total. The molecule has 0 aliphatic heterocycles. The van der Waals surface area contributed by atoms with E-state index in [1.807, 2.05) is 31.6 Å². The molecule has 2 aromatic heterocycles. The van der Waals surface area contributed by atoms with Gasteiger partial charge in [-0.05, 0) is 32.0 Å². The molecule has 0 radical (unpaired) electrons. The molecule has 0 saturated heterocycles. The maximum absolute atomic E-state index is 5.46. The van der Waals surface area contributed by atoms with Crippen molar-refractivity contribution >= 4 is 0 Å². The number of furan rings is 1. The van der Waals surface area contributed by atoms with Crippen molar-refractivity contribution in [2.45, 2.75) is 26.4 Å². The summed E-state index contributed by atoms with van der Waals surface area (Å²) >= 11 is 0. The van der Waals surface area contributed by atoms with Crippen molar-refractivity contribution in [2.75, 3.05) is 6.54 Å². The Morgan fingerprint density at radius 2 is 2.38 bits per heavy atom. The van der Waals surface area contributed by atoms with E-state index in [9.17, 15) is 0 Å². The van der Waals surface area contributed by atoms with Gasteiger partial charge in [-0.15, -0.1) is 0 Å². The fraction of sp³-hybridized carbons (Fsp3) is 0.417. The number of rotatable bonds is 6. The van der Waals surface area contributed by atoms with Crippen LogP contribution in [0.5, 0.6) is 0 Å². The summed E-state index contributed by atoms with van der Waals surface area (Å²) in [5.41, 5.74) is 0. The Hall–Kier alpha value is -1.55. The fourth-order valence-corrected chi connectivity index (χ4v) is 1.60. The second-order valence-electron chi connectivity index (χ2n) is 3.84. The Labute approximate surface area is 95.3 Å². The topological polar surface area (TPSA) is 43.0 Å². The molecule has 0 saturated carbocycles. The molecule has 0 amide bonds. The molecule has 0 spiro atoms. The van der Waals surface area contributed by atoms with Gasteiger partial charge < -0.3 is 14.3 Å². The maximum atomic E-state index is 5.46. The molecule has 0 fully saturated rings. The molecule has 0 atom stereocenters. The zero-order chi connectivity index (χ0) is 11.2. The third-order valence-corrected chi connectivity index (χ3v) is 2.42. The van der Waals surface area contributed by atoms with E-state index in [2.05, 4.69) is 14.9 Å². The molecule has 2 rings (SSSR count). The summed E-state index contributed by atoms with van der Waals surface area (Å²) in [5, 5.41) is 3.35. The van der Waals surface area contributed by atoms with Gasteiger partial charge in [0.2, 0.25) is 0 Å². The number of hydrogen-bond donors (Lipinski definition) is 1. The quantitative estimate of drug-likeness (QED) is 0.755. The van der Waals surface area contributed by atoms with Crippen LogP contribution < -0.4 is 5.32 Å². The Balaban J connectivity index is 1.59. The number of hydrogen-bond acceptors (Lipinski definition) is 3. The minimum atomic E-state index is 0.803. The lowest BCUT2D eigenvalue weighted by Crippen LogP contribution is -2.15. The van der Waals surface area contributed by atoms with Gasteiger partial charge in [-0.2, -0.15) is 0 Å². The van der Waals surface area contributed by atoms with Gasteiger partial charge >= 0.3 is 0 Å². The van der Waals surface area contributed by atoms with Crippen molar-refractivity contribution in [2.24, 2.45) is 0 Å². The van der Waals surface area contributed by atoms with Gasteiger partial charge in [0.15, 0.2) is 0 Å². The van der Waals surface area contributed by atoms with Crippen LogP contribution in [0, 0.1) is 6.92 Å². The van der Waals surface area contributed by atoms with Crippen LogP contribution in [0.3, 0.4) is 0 Å². The molecule has 2 heterocycles. The highest BCUT2D eigenvalue weighted by Crippen LogP contribution is 2.05. The van der Waals surface area contributed by atoms with Crippen molar-refractivity contribution in [1.29, 1.82) is 0 Å². The molecule has 0 bridgehead atoms. The van der Waals surface area contributed by atoms with Crippen LogP contribution in [-0.2, 0) is 13.1 Å². The monoisotopic (exact) mass is 219 g/mol. The van der Waals surface area contributed by atoms with Gasteiger partial charge in [-0.3, -0.25) is 0 Å². The largest absolute Gasteiger partial charge is 0.465 e. The first-order valence-corrected chi connectivity index (χ1v) is 5.56. The van der Waals surface area contributed by atoms with Gasteiger partial charge in [0.05, 0.1) is 12.9 Å². The SMILES string of the molecule is Cc1ccc(CNCCCn2ccnc2)o1. The Kier molecular flexibility index (Phi) is 3.77. The van der Waals surface area contributed by atoms with E-state index in [-0.39, 0.29) is 0 Å². The van der Waals surface area contributed by atoms with Gasteiger partial charge in [0.1, 0.15) is 11.5 Å². The lowest BCUT2D eigenvalue weighted by molar-refractivity contribution is 0.457. The summed E-state index contributed by atoms with van der Waals surface area (Å²) in [6.45, 7) is 4.75. The van der Waals surface area contributed by atoms with Crippen molar-refractivity contribution in [3.05, 3.63) is 42.4 Å². The summed E-state index contributed by atoms with van der Waals surface area (Å²) in [7, 11) is 0. The highest BCUT2D eigenvalue weighted by molar-refractivity contribution is 5.04. The Bertz CT molecular complexity index is 406. The predicted molar refractivity (Wildman–Crippen MR) is 62.0 cm³/mol. The van der Waals surface area contributed by atoms with E-state index in [0.29, 0.717) is 0 Å². The standard InChI is InChI=1S/C12H17N3O/c1-11-3-4-12(16-11)9-13-5-2-7-15-8-6-14-10-15/h3-4,6,8,10,13H,2,5,7,9H2,1H3. The number of aromatic nitrogens is 2. The van der Waals surface area contributed by atoms with Crippen molar-refractivity contribution in [1.82, 2.24) is 14.9 Å². The minimum absolute atomic E-state index is 0.803. The highest BCUT2D eigenvalue weighted by Gasteiger charge is 1.97. The van der Waals surface area contributed by atoms with Gasteiger partial charge in [-0.1, -0.05) is 0 Å². The van der Waals surface area contributed by atoms with E-state index in [0.717, 1.165) is 37.6 Å². The van der Waals surface area contributed by atoms with E-state index in [4.69, 9.17) is 4.42 Å². The molecule has 2 aromatic rings. The summed E-state index contributed by atoms with van der Waals surface area (Å²) < 4.78 is 7.54. The first-order valence-electron chi connectivity index (χ1n) is 5.56. The summed E-state index contributed by atoms with van der Waals surface area (Å²) in [4.78, 5) is 4.00. The zero-order valence-corrected chi connectivity index (χ0v) is 9.52. The van der Waals surface area contributed by atoms with Crippen LogP contribution in [0.4, 0.5) is 0 Å². The third-order valence-electron chi connectivity index (χ3n) is 2.42. The molecular formula is C12H17N3O. The van der Waals surface area contributed by atoms with Crippen LogP contribution in [-0.4, -0.2) is 16.1 Å². The zero-order valence-electron chi connectivity index (χ0n) is 9.52. The maximum Gasteiger partial charge on any atom is 0.117 e. The van der Waals surface area contributed by atoms with Crippen molar-refractivity contribution in [3.63, 3.8) is 0 Å². The molecule has 0 aliphatic rings. The molecule has 16 heavy (non-hydrogen) atoms. The van der Waals surface area contributed by atoms with Gasteiger partial charge in [0, 0.05) is 18.9 Å². The Morgan fingerprint density at radius 3 is 3.06 bits per heavy atom. The van der Waals surface area contributed by atoms with Crippen LogP contribution in [0.25, 0.3) is 0 Å². The Morgan fingerprint density at radius 1 is 1.44 bits per heavy atom. The molecular weight excluding hydrogens is 202 g/mol. The highest BCUT2D eigenvalue weighted by atomic mass is 16.3. The summed E-state index contributed by atoms with van der Waals surface area (Å²) in [6, 6.07) is 4.00. The average Bonchev–Trinajstić information content (AvgIpc) is 2.89. The van der Waals surface area contributed by atoms with E-state index in [1.165, 1.54) is 0 Å². The third kappa shape index (κ3) is 3.24. The summed E-state index contributed by atoms with van der Waals surface area (Å²) in [6.07, 6.45) is 6.72. The smallest absolute Gasteiger partial charge is 0.117 e. The lowest BCUT2D eigenvalue weighted by Gasteiger charge is -2.03. The number of nitrogens with zero attached hydrogens (tertiary/aromatic N) is 2. The first-order chi connectivity index (χ1) is 7.84. The predicted octanol–water partition coefficient (Wildman–Crippen LogP) is 1.96. The van der Waals surface area contributed by atoms with Gasteiger partial charge in [-0.25, -0.2) is 4.98 Å². The van der Waals surface area contributed by atoms with Crippen molar-refractivity contribution in [3.8, 4) is 0 Å². The first kappa shape index (κ1) is 11.0. The van der Waals surface area contributed by atoms with Crippen LogP contribution >= 0.6 is 0 Å². The normalized spacial score (nSPS) is 10.8. The number of imidazole rings is 1. The van der Waals surface area contributed by atoms with E-state index < -0.39 is 0 Å². The van der Waals surface area contributed by atoms with Crippen molar-refractivity contribution < 1.29 is 4.42 Å². The number of aryl methyl sites for hydroxylation is 2. The molecule has 0 aromatic carbocycles. The number of nitrogens with one attached hydrogen (secondary N) is 1. The fourth-order valence-electron chi connectivity index (χ4n) is 1.60. The second-order valence-corrected chi connectivity index (χ2v) is 3.84. The molecule has 4 heteroatoms. The van der Waals surface area contributed by atoms with E-state index >= 15 is 0 Å². The van der Waals surface area contributed by atoms with E-state index in [1.54, 1.807) is 6.20 Å². The van der Waals surface area contributed by atoms with Gasteiger partial charge in [0.25, 0.3) is 0 Å². The minimum Gasteiger partial charge on any atom is -0.465 e. The molecule has 0 unspecified atom stereocenters. The molecule has 4 nitrogen and oxygen atoms in total. The van der Waals surface area contributed by atoms with Crippen LogP contribution in [0.2, 0.25) is 0 Å². The lowest BCUT2D eigenvalue weighted by atomic mass is 10.4. The molecule has 86 valence electrons. The summed E-state index contributed by atoms with van der Waals surface area (Å²) in [5.74, 6) is 1.97. The molecule has 0 aliphatic carbocycles.